The maximum Gasteiger partial charge on any atom is 0.162 e. The number of rotatable bonds is 3. The Kier molecular flexibility index (Phi) is 3.52. The highest BCUT2D eigenvalue weighted by molar-refractivity contribution is 5.90. The lowest BCUT2D eigenvalue weighted by Crippen LogP contribution is -1.99. The van der Waals surface area contributed by atoms with Crippen molar-refractivity contribution in [3.63, 3.8) is 0 Å². The first-order chi connectivity index (χ1) is 10.2. The van der Waals surface area contributed by atoms with Crippen LogP contribution in [0.2, 0.25) is 0 Å². The van der Waals surface area contributed by atoms with E-state index in [4.69, 9.17) is 0 Å². The molecule has 1 aromatic heterocycles. The SMILES string of the molecule is CCc1ccc(-c2nc(NC)c3ccc(F)cc3n2)cc1. The van der Waals surface area contributed by atoms with Gasteiger partial charge < -0.3 is 5.32 Å². The molecule has 3 nitrogen and oxygen atoms in total. The van der Waals surface area contributed by atoms with Crippen LogP contribution in [-0.4, -0.2) is 17.0 Å². The van der Waals surface area contributed by atoms with Gasteiger partial charge in [-0.3, -0.25) is 0 Å². The first-order valence-electron chi connectivity index (χ1n) is 6.95. The number of nitrogens with one attached hydrogen (secondary N) is 1. The van der Waals surface area contributed by atoms with Gasteiger partial charge in [-0.05, 0) is 24.1 Å². The van der Waals surface area contributed by atoms with Crippen LogP contribution in [0.15, 0.2) is 42.5 Å². The van der Waals surface area contributed by atoms with E-state index < -0.39 is 0 Å². The molecule has 0 amide bonds. The lowest BCUT2D eigenvalue weighted by Gasteiger charge is -2.08. The molecule has 2 aromatic carbocycles. The molecule has 4 heteroatoms. The van der Waals surface area contributed by atoms with Gasteiger partial charge in [-0.25, -0.2) is 14.4 Å². The zero-order chi connectivity index (χ0) is 14.8. The highest BCUT2D eigenvalue weighted by atomic mass is 19.1. The van der Waals surface area contributed by atoms with Crippen molar-refractivity contribution in [1.29, 1.82) is 0 Å². The van der Waals surface area contributed by atoms with Gasteiger partial charge in [-0.1, -0.05) is 31.2 Å². The number of benzene rings is 2. The summed E-state index contributed by atoms with van der Waals surface area (Å²) in [4.78, 5) is 9.01. The van der Waals surface area contributed by atoms with Crippen LogP contribution in [0, 0.1) is 5.82 Å². The molecule has 0 radical (unpaired) electrons. The predicted octanol–water partition coefficient (Wildman–Crippen LogP) is 4.04. The summed E-state index contributed by atoms with van der Waals surface area (Å²) in [5, 5.41) is 3.86. The molecular formula is C17H16FN3. The van der Waals surface area contributed by atoms with Crippen LogP contribution in [0.25, 0.3) is 22.3 Å². The van der Waals surface area contributed by atoms with Crippen molar-refractivity contribution in [2.75, 3.05) is 12.4 Å². The first kappa shape index (κ1) is 13.5. The Bertz CT molecular complexity index is 782. The number of halogens is 1. The van der Waals surface area contributed by atoms with E-state index >= 15 is 0 Å². The third-order valence-electron chi connectivity index (χ3n) is 3.52. The van der Waals surface area contributed by atoms with Gasteiger partial charge in [0.15, 0.2) is 5.82 Å². The summed E-state index contributed by atoms with van der Waals surface area (Å²) in [6, 6.07) is 12.7. The first-order valence-corrected chi connectivity index (χ1v) is 6.95. The quantitative estimate of drug-likeness (QED) is 0.787. The molecular weight excluding hydrogens is 265 g/mol. The Morgan fingerprint density at radius 1 is 1.05 bits per heavy atom. The van der Waals surface area contributed by atoms with Crippen molar-refractivity contribution in [2.45, 2.75) is 13.3 Å². The lowest BCUT2D eigenvalue weighted by molar-refractivity contribution is 0.629. The highest BCUT2D eigenvalue weighted by Gasteiger charge is 2.09. The van der Waals surface area contributed by atoms with E-state index in [0.717, 1.165) is 17.4 Å². The van der Waals surface area contributed by atoms with Gasteiger partial charge in [0, 0.05) is 24.1 Å². The second-order valence-electron chi connectivity index (χ2n) is 4.86. The Morgan fingerprint density at radius 2 is 1.81 bits per heavy atom. The summed E-state index contributed by atoms with van der Waals surface area (Å²) in [6.45, 7) is 2.11. The molecule has 1 heterocycles. The summed E-state index contributed by atoms with van der Waals surface area (Å²) in [7, 11) is 1.80. The molecule has 3 rings (SSSR count). The third kappa shape index (κ3) is 2.57. The molecule has 0 aliphatic rings. The van der Waals surface area contributed by atoms with Crippen molar-refractivity contribution in [1.82, 2.24) is 9.97 Å². The molecule has 0 unspecified atom stereocenters. The number of aryl methyl sites for hydroxylation is 1. The average molecular weight is 281 g/mol. The smallest absolute Gasteiger partial charge is 0.162 e. The number of fused-ring (bicyclic) bond motifs is 1. The van der Waals surface area contributed by atoms with Crippen molar-refractivity contribution in [3.05, 3.63) is 53.8 Å². The normalized spacial score (nSPS) is 10.8. The van der Waals surface area contributed by atoms with E-state index in [-0.39, 0.29) is 5.82 Å². The molecule has 0 saturated carbocycles. The minimum atomic E-state index is -0.296. The standard InChI is InChI=1S/C17H16FN3/c1-3-11-4-6-12(7-5-11)16-20-15-10-13(18)8-9-14(15)17(19-2)21-16/h4-10H,3H2,1-2H3,(H,19,20,21). The van der Waals surface area contributed by atoms with Gasteiger partial charge in [0.2, 0.25) is 0 Å². The van der Waals surface area contributed by atoms with E-state index in [1.54, 1.807) is 13.1 Å². The monoisotopic (exact) mass is 281 g/mol. The highest BCUT2D eigenvalue weighted by Crippen LogP contribution is 2.25. The number of aromatic nitrogens is 2. The van der Waals surface area contributed by atoms with E-state index in [9.17, 15) is 4.39 Å². The maximum atomic E-state index is 13.4. The molecule has 0 spiro atoms. The molecule has 0 bridgehead atoms. The van der Waals surface area contributed by atoms with Crippen LogP contribution in [0.3, 0.4) is 0 Å². The molecule has 0 fully saturated rings. The topological polar surface area (TPSA) is 37.8 Å². The Balaban J connectivity index is 2.17. The number of nitrogens with zero attached hydrogens (tertiary/aromatic N) is 2. The van der Waals surface area contributed by atoms with E-state index in [1.807, 2.05) is 12.1 Å². The van der Waals surface area contributed by atoms with E-state index in [1.165, 1.54) is 17.7 Å². The van der Waals surface area contributed by atoms with Crippen LogP contribution >= 0.6 is 0 Å². The fourth-order valence-corrected chi connectivity index (χ4v) is 2.31. The van der Waals surface area contributed by atoms with Gasteiger partial charge in [0.05, 0.1) is 5.52 Å². The molecule has 0 aliphatic carbocycles. The van der Waals surface area contributed by atoms with Crippen LogP contribution < -0.4 is 5.32 Å². The van der Waals surface area contributed by atoms with E-state index in [0.29, 0.717) is 17.2 Å². The molecule has 106 valence electrons. The van der Waals surface area contributed by atoms with Crippen LogP contribution in [0.4, 0.5) is 10.2 Å². The summed E-state index contributed by atoms with van der Waals surface area (Å²) in [5.41, 5.74) is 2.79. The fourth-order valence-electron chi connectivity index (χ4n) is 2.31. The zero-order valence-electron chi connectivity index (χ0n) is 12.0. The van der Waals surface area contributed by atoms with Crippen molar-refractivity contribution in [2.24, 2.45) is 0 Å². The number of hydrogen-bond donors (Lipinski definition) is 1. The molecule has 1 N–H and O–H groups in total. The summed E-state index contributed by atoms with van der Waals surface area (Å²) in [6.07, 6.45) is 0.992. The Morgan fingerprint density at radius 3 is 2.48 bits per heavy atom. The number of anilines is 1. The van der Waals surface area contributed by atoms with Gasteiger partial charge in [0.25, 0.3) is 0 Å². The summed E-state index contributed by atoms with van der Waals surface area (Å²) >= 11 is 0. The van der Waals surface area contributed by atoms with Crippen LogP contribution in [-0.2, 0) is 6.42 Å². The van der Waals surface area contributed by atoms with Gasteiger partial charge in [0.1, 0.15) is 11.6 Å². The molecule has 3 aromatic rings. The largest absolute Gasteiger partial charge is 0.373 e. The minimum Gasteiger partial charge on any atom is -0.373 e. The van der Waals surface area contributed by atoms with Gasteiger partial charge >= 0.3 is 0 Å². The predicted molar refractivity (Wildman–Crippen MR) is 83.9 cm³/mol. The molecule has 0 aliphatic heterocycles. The number of hydrogen-bond acceptors (Lipinski definition) is 3. The minimum absolute atomic E-state index is 0.296. The third-order valence-corrected chi connectivity index (χ3v) is 3.52. The molecule has 0 saturated heterocycles. The van der Waals surface area contributed by atoms with Crippen molar-refractivity contribution >= 4 is 16.7 Å². The fraction of sp³-hybridized carbons (Fsp3) is 0.176. The van der Waals surface area contributed by atoms with Crippen molar-refractivity contribution < 1.29 is 4.39 Å². The lowest BCUT2D eigenvalue weighted by atomic mass is 10.1. The second-order valence-corrected chi connectivity index (χ2v) is 4.86. The zero-order valence-corrected chi connectivity index (χ0v) is 12.0. The molecule has 0 atom stereocenters. The van der Waals surface area contributed by atoms with Gasteiger partial charge in [-0.15, -0.1) is 0 Å². The summed E-state index contributed by atoms with van der Waals surface area (Å²) in [5.74, 6) is 1.00. The van der Waals surface area contributed by atoms with Crippen LogP contribution in [0.5, 0.6) is 0 Å². The van der Waals surface area contributed by atoms with Crippen molar-refractivity contribution in [3.8, 4) is 11.4 Å². The Labute approximate surface area is 122 Å². The second kappa shape index (κ2) is 5.48. The summed E-state index contributed by atoms with van der Waals surface area (Å²) < 4.78 is 13.4. The van der Waals surface area contributed by atoms with E-state index in [2.05, 4.69) is 34.3 Å². The molecule has 21 heavy (non-hydrogen) atoms. The van der Waals surface area contributed by atoms with Gasteiger partial charge in [-0.2, -0.15) is 0 Å². The average Bonchev–Trinajstić information content (AvgIpc) is 2.53. The Hall–Kier alpha value is -2.49. The maximum absolute atomic E-state index is 13.4. The van der Waals surface area contributed by atoms with Crippen LogP contribution in [0.1, 0.15) is 12.5 Å².